The van der Waals surface area contributed by atoms with Gasteiger partial charge in [-0.2, -0.15) is 26.3 Å². The number of hydrogen-bond acceptors (Lipinski definition) is 3. The summed E-state index contributed by atoms with van der Waals surface area (Å²) in [5.41, 5.74) is -1.09. The lowest BCUT2D eigenvalue weighted by atomic mass is 9.99. The number of hydrogen-bond donors (Lipinski definition) is 1. The molecule has 30 heavy (non-hydrogen) atoms. The fourth-order valence-electron chi connectivity index (χ4n) is 3.11. The molecule has 12 heteroatoms. The van der Waals surface area contributed by atoms with Crippen LogP contribution in [-0.4, -0.2) is 26.5 Å². The maximum atomic E-state index is 14.3. The molecular formula is C18H15F7N4O. The molecule has 0 atom stereocenters. The fraction of sp³-hybridized carbons (Fsp3) is 0.333. The average Bonchev–Trinajstić information content (AvgIpc) is 2.86. The molecule has 0 aliphatic heterocycles. The summed E-state index contributed by atoms with van der Waals surface area (Å²) in [5.74, 6) is 0. The first-order valence-electron chi connectivity index (χ1n) is 8.41. The van der Waals surface area contributed by atoms with Crippen LogP contribution < -0.4 is 11.4 Å². The zero-order valence-electron chi connectivity index (χ0n) is 15.6. The number of anilines is 1. The van der Waals surface area contributed by atoms with Crippen LogP contribution in [-0.2, 0) is 19.3 Å². The molecule has 0 radical (unpaired) electrons. The minimum absolute atomic E-state index is 0.0440. The summed E-state index contributed by atoms with van der Waals surface area (Å²) in [6, 6.07) is 5.20. The number of imidazole rings is 1. The molecule has 3 rings (SSSR count). The number of aromatic nitrogens is 3. The molecule has 0 fully saturated rings. The van der Waals surface area contributed by atoms with Crippen molar-refractivity contribution in [1.29, 1.82) is 0 Å². The molecule has 162 valence electrons. The molecule has 1 aromatic carbocycles. The average molecular weight is 436 g/mol. The van der Waals surface area contributed by atoms with E-state index in [0.29, 0.717) is 23.5 Å². The number of aryl methyl sites for hydroxylation is 2. The van der Waals surface area contributed by atoms with Gasteiger partial charge in [0, 0.05) is 12.7 Å². The van der Waals surface area contributed by atoms with Crippen LogP contribution >= 0.6 is 0 Å². The number of alkyl halides is 7. The van der Waals surface area contributed by atoms with Gasteiger partial charge < -0.3 is 5.73 Å². The molecule has 0 spiro atoms. The highest BCUT2D eigenvalue weighted by Crippen LogP contribution is 2.52. The molecule has 0 aliphatic carbocycles. The van der Waals surface area contributed by atoms with Crippen LogP contribution in [0.25, 0.3) is 11.0 Å². The highest BCUT2D eigenvalue weighted by Gasteiger charge is 2.74. The maximum absolute atomic E-state index is 14.3. The van der Waals surface area contributed by atoms with Crippen LogP contribution in [0, 0.1) is 6.92 Å². The largest absolute Gasteiger partial charge is 0.437 e. The van der Waals surface area contributed by atoms with Gasteiger partial charge in [0.25, 0.3) is 0 Å². The lowest BCUT2D eigenvalue weighted by molar-refractivity contribution is -0.349. The SMILES string of the molecule is Cc1cc(Cn2c(=O)n(C)c3cc(C(F)(C(F)(F)F)C(F)(F)F)ncc32)ccc1N. The summed E-state index contributed by atoms with van der Waals surface area (Å²) in [6.07, 6.45) is -12.0. The lowest BCUT2D eigenvalue weighted by Gasteiger charge is -2.29. The predicted molar refractivity (Wildman–Crippen MR) is 94.6 cm³/mol. The first kappa shape index (κ1) is 21.7. The molecule has 2 heterocycles. The molecule has 0 amide bonds. The zero-order chi connectivity index (χ0) is 22.6. The van der Waals surface area contributed by atoms with Crippen molar-refractivity contribution in [2.45, 2.75) is 31.5 Å². The predicted octanol–water partition coefficient (Wildman–Crippen LogP) is 3.96. The van der Waals surface area contributed by atoms with Crippen molar-refractivity contribution in [3.63, 3.8) is 0 Å². The Morgan fingerprint density at radius 1 is 1.00 bits per heavy atom. The van der Waals surface area contributed by atoms with Crippen molar-refractivity contribution in [3.05, 3.63) is 57.8 Å². The molecule has 0 bridgehead atoms. The van der Waals surface area contributed by atoms with E-state index >= 15 is 0 Å². The third-order valence-electron chi connectivity index (χ3n) is 4.84. The van der Waals surface area contributed by atoms with Crippen LogP contribution in [0.1, 0.15) is 16.8 Å². The summed E-state index contributed by atoms with van der Waals surface area (Å²) in [5, 5.41) is 0. The van der Waals surface area contributed by atoms with Crippen molar-refractivity contribution in [3.8, 4) is 0 Å². The summed E-state index contributed by atoms with van der Waals surface area (Å²) in [4.78, 5) is 15.6. The number of nitrogens with zero attached hydrogens (tertiary/aromatic N) is 3. The van der Waals surface area contributed by atoms with Gasteiger partial charge in [0.05, 0.1) is 29.5 Å². The van der Waals surface area contributed by atoms with Crippen LogP contribution in [0.15, 0.2) is 35.3 Å². The fourth-order valence-corrected chi connectivity index (χ4v) is 3.11. The second-order valence-electron chi connectivity index (χ2n) is 6.83. The third-order valence-corrected chi connectivity index (χ3v) is 4.84. The molecular weight excluding hydrogens is 421 g/mol. The number of fused-ring (bicyclic) bond motifs is 1. The van der Waals surface area contributed by atoms with E-state index in [-0.39, 0.29) is 17.6 Å². The third kappa shape index (κ3) is 3.19. The highest BCUT2D eigenvalue weighted by molar-refractivity contribution is 5.76. The van der Waals surface area contributed by atoms with Gasteiger partial charge in [0.15, 0.2) is 0 Å². The van der Waals surface area contributed by atoms with Gasteiger partial charge in [-0.25, -0.2) is 9.18 Å². The van der Waals surface area contributed by atoms with Crippen molar-refractivity contribution in [2.24, 2.45) is 7.05 Å². The molecule has 0 saturated carbocycles. The van der Waals surface area contributed by atoms with E-state index in [1.165, 1.54) is 0 Å². The second-order valence-corrected chi connectivity index (χ2v) is 6.83. The Hall–Kier alpha value is -3.05. The van der Waals surface area contributed by atoms with E-state index in [9.17, 15) is 35.5 Å². The van der Waals surface area contributed by atoms with Gasteiger partial charge in [-0.1, -0.05) is 12.1 Å². The normalized spacial score (nSPS) is 13.2. The molecule has 2 N–H and O–H groups in total. The number of benzene rings is 1. The van der Waals surface area contributed by atoms with Gasteiger partial charge in [-0.3, -0.25) is 14.1 Å². The molecule has 0 aliphatic rings. The van der Waals surface area contributed by atoms with E-state index < -0.39 is 29.4 Å². The monoisotopic (exact) mass is 436 g/mol. The van der Waals surface area contributed by atoms with E-state index in [2.05, 4.69) is 4.98 Å². The van der Waals surface area contributed by atoms with Crippen LogP contribution in [0.4, 0.5) is 36.4 Å². The van der Waals surface area contributed by atoms with E-state index in [0.717, 1.165) is 21.7 Å². The summed E-state index contributed by atoms with van der Waals surface area (Å²) in [7, 11) is 1.15. The van der Waals surface area contributed by atoms with E-state index in [1.807, 2.05) is 0 Å². The number of nitrogens with two attached hydrogens (primary N) is 1. The van der Waals surface area contributed by atoms with Gasteiger partial charge in [-0.15, -0.1) is 0 Å². The minimum Gasteiger partial charge on any atom is -0.399 e. The molecule has 5 nitrogen and oxygen atoms in total. The first-order valence-corrected chi connectivity index (χ1v) is 8.41. The number of halogens is 7. The van der Waals surface area contributed by atoms with Crippen molar-refractivity contribution >= 4 is 16.7 Å². The summed E-state index contributed by atoms with van der Waals surface area (Å²) >= 11 is 0. The Morgan fingerprint density at radius 3 is 2.13 bits per heavy atom. The second kappa shape index (κ2) is 6.74. The maximum Gasteiger partial charge on any atom is 0.437 e. The Morgan fingerprint density at radius 2 is 1.60 bits per heavy atom. The Labute approximate surface area is 164 Å². The van der Waals surface area contributed by atoms with Gasteiger partial charge in [-0.05, 0) is 30.2 Å². The van der Waals surface area contributed by atoms with Crippen LogP contribution in [0.3, 0.4) is 0 Å². The number of rotatable bonds is 3. The quantitative estimate of drug-likeness (QED) is 0.499. The van der Waals surface area contributed by atoms with Crippen LogP contribution in [0.5, 0.6) is 0 Å². The molecule has 2 aromatic heterocycles. The Kier molecular flexibility index (Phi) is 4.87. The van der Waals surface area contributed by atoms with Crippen molar-refractivity contribution in [1.82, 2.24) is 14.1 Å². The minimum atomic E-state index is -6.30. The van der Waals surface area contributed by atoms with E-state index in [4.69, 9.17) is 5.73 Å². The number of pyridine rings is 1. The zero-order valence-corrected chi connectivity index (χ0v) is 15.6. The highest BCUT2D eigenvalue weighted by atomic mass is 19.4. The number of nitrogen functional groups attached to an aromatic ring is 1. The summed E-state index contributed by atoms with van der Waals surface area (Å²) < 4.78 is 94.3. The summed E-state index contributed by atoms with van der Waals surface area (Å²) in [6.45, 7) is 1.69. The standard InChI is InChI=1S/C18H15F7N4O/c1-9-5-10(3-4-11(9)26)8-29-13-7-27-14(6-12(13)28(2)15(29)30)16(19,17(20,21)22)18(23,24)25/h3-7H,8,26H2,1-2H3. The topological polar surface area (TPSA) is 65.8 Å². The van der Waals surface area contributed by atoms with Crippen molar-refractivity contribution < 1.29 is 30.7 Å². The van der Waals surface area contributed by atoms with Crippen LogP contribution in [0.2, 0.25) is 0 Å². The van der Waals surface area contributed by atoms with E-state index in [1.54, 1.807) is 25.1 Å². The smallest absolute Gasteiger partial charge is 0.399 e. The first-order chi connectivity index (χ1) is 13.7. The Bertz CT molecular complexity index is 1160. The Balaban J connectivity index is 2.18. The molecule has 0 unspecified atom stereocenters. The van der Waals surface area contributed by atoms with Gasteiger partial charge in [0.2, 0.25) is 0 Å². The lowest BCUT2D eigenvalue weighted by Crippen LogP contribution is -2.50. The molecule has 0 saturated heterocycles. The van der Waals surface area contributed by atoms with Gasteiger partial charge in [0.1, 0.15) is 0 Å². The molecule has 3 aromatic rings. The van der Waals surface area contributed by atoms with Crippen molar-refractivity contribution in [2.75, 3.05) is 5.73 Å². The van der Waals surface area contributed by atoms with Gasteiger partial charge >= 0.3 is 23.7 Å².